The van der Waals surface area contributed by atoms with Gasteiger partial charge in [-0.05, 0) is 48.9 Å². The Labute approximate surface area is 197 Å². The van der Waals surface area contributed by atoms with E-state index in [2.05, 4.69) is 4.98 Å². The topological polar surface area (TPSA) is 53.5 Å². The lowest BCUT2D eigenvalue weighted by Crippen LogP contribution is -2.50. The van der Waals surface area contributed by atoms with Gasteiger partial charge in [0.05, 0.1) is 16.3 Å². The number of carbonyl (C=O) groups excluding carboxylic acids is 2. The van der Waals surface area contributed by atoms with E-state index in [0.717, 1.165) is 22.7 Å². The van der Waals surface area contributed by atoms with Crippen LogP contribution in [0.15, 0.2) is 48.5 Å². The molecule has 0 aliphatic carbocycles. The lowest BCUT2D eigenvalue weighted by atomic mass is 10.1. The highest BCUT2D eigenvalue weighted by molar-refractivity contribution is 7.13. The average Bonchev–Trinajstić information content (AvgIpc) is 3.19. The molecule has 10 heteroatoms. The fourth-order valence-electron chi connectivity index (χ4n) is 3.74. The van der Waals surface area contributed by atoms with E-state index in [1.165, 1.54) is 40.5 Å². The molecule has 2 amide bonds. The van der Waals surface area contributed by atoms with Crippen LogP contribution >= 0.6 is 11.3 Å². The molecular weight excluding hydrogens is 470 g/mol. The zero-order chi connectivity index (χ0) is 24.5. The zero-order valence-corrected chi connectivity index (χ0v) is 19.0. The molecule has 1 aliphatic heterocycles. The third-order valence-electron chi connectivity index (χ3n) is 5.62. The number of hydrogen-bond acceptors (Lipinski definition) is 4. The Balaban J connectivity index is 1.36. The SMILES string of the molecule is Cc1nc(Cc2ccc(F)cc2)sc1C(=O)N1CCN(C(=O)c2ccc(C(F)(F)F)cc2)CC1. The maximum absolute atomic E-state index is 13.1. The number of piperazine rings is 1. The maximum atomic E-state index is 13.1. The number of alkyl halides is 3. The standard InChI is InChI=1S/C24H21F4N3O2S/c1-15-21(34-20(29-15)14-16-2-8-19(25)9-3-16)23(33)31-12-10-30(11-13-31)22(32)17-4-6-18(7-5-17)24(26,27)28/h2-9H,10-14H2,1H3. The number of rotatable bonds is 4. The highest BCUT2D eigenvalue weighted by Gasteiger charge is 2.31. The second-order valence-corrected chi connectivity index (χ2v) is 9.07. The van der Waals surface area contributed by atoms with Crippen molar-refractivity contribution in [1.29, 1.82) is 0 Å². The van der Waals surface area contributed by atoms with Crippen molar-refractivity contribution in [3.8, 4) is 0 Å². The van der Waals surface area contributed by atoms with Crippen molar-refractivity contribution >= 4 is 23.2 Å². The first-order valence-corrected chi connectivity index (χ1v) is 11.4. The first-order valence-electron chi connectivity index (χ1n) is 10.6. The van der Waals surface area contributed by atoms with E-state index < -0.39 is 11.7 Å². The number of aryl methyl sites for hydroxylation is 1. The molecule has 1 aromatic heterocycles. The molecule has 1 fully saturated rings. The minimum absolute atomic E-state index is 0.165. The van der Waals surface area contributed by atoms with Crippen molar-refractivity contribution in [1.82, 2.24) is 14.8 Å². The summed E-state index contributed by atoms with van der Waals surface area (Å²) >= 11 is 1.30. The molecule has 0 radical (unpaired) electrons. The Morgan fingerprint density at radius 2 is 1.47 bits per heavy atom. The molecule has 0 N–H and O–H groups in total. The maximum Gasteiger partial charge on any atom is 0.416 e. The quantitative estimate of drug-likeness (QED) is 0.493. The Morgan fingerprint density at radius 3 is 2.03 bits per heavy atom. The Hall–Kier alpha value is -3.27. The molecule has 0 unspecified atom stereocenters. The third kappa shape index (κ3) is 5.27. The molecule has 5 nitrogen and oxygen atoms in total. The molecule has 178 valence electrons. The van der Waals surface area contributed by atoms with E-state index in [1.807, 2.05) is 0 Å². The minimum Gasteiger partial charge on any atom is -0.335 e. The van der Waals surface area contributed by atoms with Crippen LogP contribution in [-0.4, -0.2) is 52.8 Å². The van der Waals surface area contributed by atoms with Gasteiger partial charge in [0, 0.05) is 38.2 Å². The third-order valence-corrected chi connectivity index (χ3v) is 6.76. The van der Waals surface area contributed by atoms with Crippen LogP contribution in [0.3, 0.4) is 0 Å². The van der Waals surface area contributed by atoms with Crippen molar-refractivity contribution in [2.45, 2.75) is 19.5 Å². The second kappa shape index (κ2) is 9.54. The Bertz CT molecular complexity index is 1180. The highest BCUT2D eigenvalue weighted by atomic mass is 32.1. The molecule has 0 spiro atoms. The molecule has 0 saturated carbocycles. The van der Waals surface area contributed by atoms with Gasteiger partial charge >= 0.3 is 6.18 Å². The summed E-state index contributed by atoms with van der Waals surface area (Å²) in [5.41, 5.74) is 0.884. The Morgan fingerprint density at radius 1 is 0.912 bits per heavy atom. The van der Waals surface area contributed by atoms with Gasteiger partial charge in [-0.25, -0.2) is 9.37 Å². The first kappa shape index (κ1) is 23.9. The van der Waals surface area contributed by atoms with E-state index in [9.17, 15) is 27.2 Å². The van der Waals surface area contributed by atoms with Crippen molar-refractivity contribution < 1.29 is 27.2 Å². The fourth-order valence-corrected chi connectivity index (χ4v) is 4.81. The summed E-state index contributed by atoms with van der Waals surface area (Å²) in [6.07, 6.45) is -3.96. The summed E-state index contributed by atoms with van der Waals surface area (Å²) in [5, 5.41) is 0.753. The Kier molecular flexibility index (Phi) is 6.70. The summed E-state index contributed by atoms with van der Waals surface area (Å²) in [6, 6.07) is 10.3. The lowest BCUT2D eigenvalue weighted by molar-refractivity contribution is -0.137. The summed E-state index contributed by atoms with van der Waals surface area (Å²) in [7, 11) is 0. The van der Waals surface area contributed by atoms with Crippen LogP contribution in [0.5, 0.6) is 0 Å². The van der Waals surface area contributed by atoms with Gasteiger partial charge in [0.15, 0.2) is 0 Å². The van der Waals surface area contributed by atoms with Gasteiger partial charge in [0.2, 0.25) is 0 Å². The van der Waals surface area contributed by atoms with Gasteiger partial charge < -0.3 is 9.80 Å². The number of carbonyl (C=O) groups is 2. The van der Waals surface area contributed by atoms with Crippen LogP contribution in [0.2, 0.25) is 0 Å². The van der Waals surface area contributed by atoms with Crippen molar-refractivity contribution in [3.05, 3.63) is 86.6 Å². The van der Waals surface area contributed by atoms with E-state index in [1.54, 1.807) is 24.0 Å². The number of benzene rings is 2. The van der Waals surface area contributed by atoms with Gasteiger partial charge in [-0.2, -0.15) is 13.2 Å². The van der Waals surface area contributed by atoms with Crippen molar-refractivity contribution in [2.24, 2.45) is 0 Å². The normalized spacial score (nSPS) is 14.4. The van der Waals surface area contributed by atoms with Crippen LogP contribution in [0.25, 0.3) is 0 Å². The van der Waals surface area contributed by atoms with E-state index in [4.69, 9.17) is 0 Å². The van der Waals surface area contributed by atoms with Gasteiger partial charge in [-0.1, -0.05) is 12.1 Å². The molecule has 1 aliphatic rings. The second-order valence-electron chi connectivity index (χ2n) is 7.98. The van der Waals surface area contributed by atoms with Crippen LogP contribution < -0.4 is 0 Å². The summed E-state index contributed by atoms with van der Waals surface area (Å²) in [6.45, 7) is 2.96. The number of halogens is 4. The fraction of sp³-hybridized carbons (Fsp3) is 0.292. The molecule has 0 atom stereocenters. The van der Waals surface area contributed by atoms with Gasteiger partial charge in [-0.3, -0.25) is 9.59 Å². The number of thiazole rings is 1. The summed E-state index contributed by atoms with van der Waals surface area (Å²) in [4.78, 5) is 33.9. The molecule has 1 saturated heterocycles. The zero-order valence-electron chi connectivity index (χ0n) is 18.2. The number of aromatic nitrogens is 1. The first-order chi connectivity index (χ1) is 16.1. The van der Waals surface area contributed by atoms with Gasteiger partial charge in [0.1, 0.15) is 10.7 Å². The number of nitrogens with zero attached hydrogens (tertiary/aromatic N) is 3. The van der Waals surface area contributed by atoms with Gasteiger partial charge in [0.25, 0.3) is 11.8 Å². The smallest absolute Gasteiger partial charge is 0.335 e. The van der Waals surface area contributed by atoms with Crippen LogP contribution in [0, 0.1) is 12.7 Å². The summed E-state index contributed by atoms with van der Waals surface area (Å²) in [5.74, 6) is -0.843. The molecule has 2 heterocycles. The van der Waals surface area contributed by atoms with Crippen molar-refractivity contribution in [2.75, 3.05) is 26.2 Å². The van der Waals surface area contributed by atoms with E-state index >= 15 is 0 Å². The average molecular weight is 492 g/mol. The lowest BCUT2D eigenvalue weighted by Gasteiger charge is -2.34. The summed E-state index contributed by atoms with van der Waals surface area (Å²) < 4.78 is 51.3. The minimum atomic E-state index is -4.46. The van der Waals surface area contributed by atoms with E-state index in [0.29, 0.717) is 30.1 Å². The largest absolute Gasteiger partial charge is 0.416 e. The molecule has 4 rings (SSSR count). The predicted octanol–water partition coefficient (Wildman–Crippen LogP) is 4.80. The number of amides is 2. The van der Waals surface area contributed by atoms with Crippen LogP contribution in [0.1, 0.15) is 41.9 Å². The number of hydrogen-bond donors (Lipinski definition) is 0. The molecule has 0 bridgehead atoms. The molecular formula is C24H21F4N3O2S. The van der Waals surface area contributed by atoms with E-state index in [-0.39, 0.29) is 36.3 Å². The predicted molar refractivity (Wildman–Crippen MR) is 119 cm³/mol. The highest BCUT2D eigenvalue weighted by Crippen LogP contribution is 2.29. The van der Waals surface area contributed by atoms with Crippen LogP contribution in [0.4, 0.5) is 17.6 Å². The van der Waals surface area contributed by atoms with Crippen LogP contribution in [-0.2, 0) is 12.6 Å². The monoisotopic (exact) mass is 491 g/mol. The molecule has 34 heavy (non-hydrogen) atoms. The molecule has 3 aromatic rings. The molecule has 2 aromatic carbocycles. The van der Waals surface area contributed by atoms with Gasteiger partial charge in [-0.15, -0.1) is 11.3 Å². The van der Waals surface area contributed by atoms with Crippen molar-refractivity contribution in [3.63, 3.8) is 0 Å².